The normalized spacial score (nSPS) is 11.0. The Kier molecular flexibility index (Phi) is 4.58. The maximum Gasteiger partial charge on any atom is 0.251 e. The van der Waals surface area contributed by atoms with E-state index >= 15 is 0 Å². The molecule has 0 fully saturated rings. The predicted octanol–water partition coefficient (Wildman–Crippen LogP) is 4.48. The Morgan fingerprint density at radius 1 is 1.08 bits per heavy atom. The van der Waals surface area contributed by atoms with Crippen LogP contribution < -0.4 is 5.73 Å². The van der Waals surface area contributed by atoms with Crippen molar-refractivity contribution < 1.29 is 4.79 Å². The van der Waals surface area contributed by atoms with E-state index in [1.807, 2.05) is 6.92 Å². The minimum atomic E-state index is -0.360. The van der Waals surface area contributed by atoms with Gasteiger partial charge in [0.2, 0.25) is 0 Å². The fourth-order valence-electron chi connectivity index (χ4n) is 3.27. The van der Waals surface area contributed by atoms with Crippen LogP contribution >= 0.6 is 11.3 Å². The van der Waals surface area contributed by atoms with Gasteiger partial charge in [-0.15, -0.1) is 11.3 Å². The molecule has 0 radical (unpaired) electrons. The number of nitrogens with zero attached hydrogens (tertiary/aromatic N) is 1. The molecular weight excluding hydrogens is 316 g/mol. The summed E-state index contributed by atoms with van der Waals surface area (Å²) in [6, 6.07) is 12.5. The summed E-state index contributed by atoms with van der Waals surface area (Å²) in [6.07, 6.45) is 0.958. The minimum absolute atomic E-state index is 0.360. The van der Waals surface area contributed by atoms with Crippen LogP contribution in [0.25, 0.3) is 11.1 Å². The van der Waals surface area contributed by atoms with E-state index in [0.29, 0.717) is 5.56 Å². The SMILES string of the molecule is Cc1ccc(-c2c(C(N)=O)c(C)n(CCc3cccs3)c2C)cc1. The zero-order valence-electron chi connectivity index (χ0n) is 14.3. The van der Waals surface area contributed by atoms with Crippen molar-refractivity contribution in [2.24, 2.45) is 5.73 Å². The number of benzene rings is 1. The van der Waals surface area contributed by atoms with Gasteiger partial charge in [-0.1, -0.05) is 35.9 Å². The molecular formula is C20H22N2OS. The van der Waals surface area contributed by atoms with Gasteiger partial charge >= 0.3 is 0 Å². The molecule has 2 N–H and O–H groups in total. The van der Waals surface area contributed by atoms with Gasteiger partial charge in [0, 0.05) is 28.4 Å². The highest BCUT2D eigenvalue weighted by Crippen LogP contribution is 2.32. The van der Waals surface area contributed by atoms with E-state index in [4.69, 9.17) is 5.73 Å². The molecule has 3 aromatic rings. The number of amides is 1. The van der Waals surface area contributed by atoms with Crippen molar-refractivity contribution in [3.8, 4) is 11.1 Å². The number of thiophene rings is 1. The molecule has 0 atom stereocenters. The Bertz CT molecular complexity index is 858. The number of aromatic nitrogens is 1. The summed E-state index contributed by atoms with van der Waals surface area (Å²) >= 11 is 1.76. The molecule has 3 nitrogen and oxygen atoms in total. The Morgan fingerprint density at radius 2 is 1.79 bits per heavy atom. The summed E-state index contributed by atoms with van der Waals surface area (Å²) in [5.74, 6) is -0.360. The molecule has 3 rings (SSSR count). The smallest absolute Gasteiger partial charge is 0.251 e. The molecule has 0 spiro atoms. The topological polar surface area (TPSA) is 48.0 Å². The number of rotatable bonds is 5. The van der Waals surface area contributed by atoms with Crippen LogP contribution in [0, 0.1) is 20.8 Å². The molecule has 2 aromatic heterocycles. The standard InChI is InChI=1S/C20H22N2OS/c1-13-6-8-16(9-7-13)18-14(2)22(15(3)19(18)20(21)23)11-10-17-5-4-12-24-17/h4-9,12H,10-11H2,1-3H3,(H2,21,23). The van der Waals surface area contributed by atoms with E-state index < -0.39 is 0 Å². The quantitative estimate of drug-likeness (QED) is 0.732. The van der Waals surface area contributed by atoms with Gasteiger partial charge in [-0.25, -0.2) is 0 Å². The fourth-order valence-corrected chi connectivity index (χ4v) is 3.97. The lowest BCUT2D eigenvalue weighted by Crippen LogP contribution is -2.13. The third-order valence-electron chi connectivity index (χ3n) is 4.53. The first kappa shape index (κ1) is 16.5. The fraction of sp³-hybridized carbons (Fsp3) is 0.250. The van der Waals surface area contributed by atoms with E-state index in [0.717, 1.165) is 35.5 Å². The molecule has 124 valence electrons. The molecule has 0 saturated carbocycles. The highest BCUT2D eigenvalue weighted by Gasteiger charge is 2.22. The van der Waals surface area contributed by atoms with Gasteiger partial charge in [0.1, 0.15) is 0 Å². The van der Waals surface area contributed by atoms with Crippen molar-refractivity contribution in [2.45, 2.75) is 33.7 Å². The van der Waals surface area contributed by atoms with Crippen LogP contribution in [0.2, 0.25) is 0 Å². The van der Waals surface area contributed by atoms with Gasteiger partial charge < -0.3 is 10.3 Å². The highest BCUT2D eigenvalue weighted by molar-refractivity contribution is 7.09. The maximum atomic E-state index is 12.1. The van der Waals surface area contributed by atoms with E-state index in [1.165, 1.54) is 10.4 Å². The molecule has 0 bridgehead atoms. The van der Waals surface area contributed by atoms with Gasteiger partial charge in [0.15, 0.2) is 0 Å². The monoisotopic (exact) mass is 338 g/mol. The van der Waals surface area contributed by atoms with Crippen molar-refractivity contribution in [2.75, 3.05) is 0 Å². The number of nitrogens with two attached hydrogens (primary N) is 1. The molecule has 1 amide bonds. The van der Waals surface area contributed by atoms with Crippen molar-refractivity contribution in [3.05, 3.63) is 69.2 Å². The van der Waals surface area contributed by atoms with E-state index in [1.54, 1.807) is 11.3 Å². The van der Waals surface area contributed by atoms with Crippen LogP contribution in [0.15, 0.2) is 41.8 Å². The van der Waals surface area contributed by atoms with Crippen LogP contribution in [0.3, 0.4) is 0 Å². The van der Waals surface area contributed by atoms with Gasteiger partial charge in [-0.05, 0) is 44.2 Å². The second-order valence-electron chi connectivity index (χ2n) is 6.13. The molecule has 0 aliphatic carbocycles. The summed E-state index contributed by atoms with van der Waals surface area (Å²) in [4.78, 5) is 13.4. The molecule has 0 aliphatic heterocycles. The van der Waals surface area contributed by atoms with Gasteiger partial charge in [0.05, 0.1) is 5.56 Å². The predicted molar refractivity (Wildman–Crippen MR) is 101 cm³/mol. The number of carbonyl (C=O) groups is 1. The zero-order chi connectivity index (χ0) is 17.3. The Hall–Kier alpha value is -2.33. The summed E-state index contributed by atoms with van der Waals surface area (Å²) in [6.45, 7) is 6.97. The lowest BCUT2D eigenvalue weighted by atomic mass is 9.99. The second kappa shape index (κ2) is 6.65. The maximum absolute atomic E-state index is 12.1. The van der Waals surface area contributed by atoms with Crippen molar-refractivity contribution in [1.82, 2.24) is 4.57 Å². The first-order chi connectivity index (χ1) is 11.5. The van der Waals surface area contributed by atoms with Crippen LogP contribution in [0.1, 0.15) is 32.2 Å². The average molecular weight is 338 g/mol. The summed E-state index contributed by atoms with van der Waals surface area (Å²) in [5, 5.41) is 2.09. The van der Waals surface area contributed by atoms with Gasteiger partial charge in [0.25, 0.3) is 5.91 Å². The summed E-state index contributed by atoms with van der Waals surface area (Å²) in [5.41, 5.74) is 11.6. The largest absolute Gasteiger partial charge is 0.366 e. The third-order valence-corrected chi connectivity index (χ3v) is 5.47. The first-order valence-corrected chi connectivity index (χ1v) is 8.96. The molecule has 0 unspecified atom stereocenters. The molecule has 0 aliphatic rings. The second-order valence-corrected chi connectivity index (χ2v) is 7.16. The van der Waals surface area contributed by atoms with Gasteiger partial charge in [-0.2, -0.15) is 0 Å². The average Bonchev–Trinajstić information content (AvgIpc) is 3.13. The first-order valence-electron chi connectivity index (χ1n) is 8.08. The van der Waals surface area contributed by atoms with Crippen LogP contribution in [-0.2, 0) is 13.0 Å². The zero-order valence-corrected chi connectivity index (χ0v) is 15.1. The molecule has 1 aromatic carbocycles. The Labute approximate surface area is 146 Å². The Morgan fingerprint density at radius 3 is 2.38 bits per heavy atom. The molecule has 0 saturated heterocycles. The number of carbonyl (C=O) groups excluding carboxylic acids is 1. The third kappa shape index (κ3) is 3.02. The number of aryl methyl sites for hydroxylation is 2. The number of hydrogen-bond acceptors (Lipinski definition) is 2. The van der Waals surface area contributed by atoms with Crippen LogP contribution in [0.5, 0.6) is 0 Å². The summed E-state index contributed by atoms with van der Waals surface area (Å²) in [7, 11) is 0. The van der Waals surface area contributed by atoms with E-state index in [9.17, 15) is 4.79 Å². The van der Waals surface area contributed by atoms with Gasteiger partial charge in [-0.3, -0.25) is 4.79 Å². The number of primary amides is 1. The van der Waals surface area contributed by atoms with Crippen molar-refractivity contribution in [3.63, 3.8) is 0 Å². The van der Waals surface area contributed by atoms with E-state index in [-0.39, 0.29) is 5.91 Å². The van der Waals surface area contributed by atoms with E-state index in [2.05, 4.69) is 60.2 Å². The summed E-state index contributed by atoms with van der Waals surface area (Å²) < 4.78 is 2.22. The Balaban J connectivity index is 2.06. The molecule has 4 heteroatoms. The highest BCUT2D eigenvalue weighted by atomic mass is 32.1. The van der Waals surface area contributed by atoms with Crippen molar-refractivity contribution >= 4 is 17.2 Å². The van der Waals surface area contributed by atoms with Crippen LogP contribution in [0.4, 0.5) is 0 Å². The number of hydrogen-bond donors (Lipinski definition) is 1. The lowest BCUT2D eigenvalue weighted by molar-refractivity contribution is 0.1000. The lowest BCUT2D eigenvalue weighted by Gasteiger charge is -2.09. The van der Waals surface area contributed by atoms with Crippen LogP contribution in [-0.4, -0.2) is 10.5 Å². The minimum Gasteiger partial charge on any atom is -0.366 e. The van der Waals surface area contributed by atoms with Crippen molar-refractivity contribution in [1.29, 1.82) is 0 Å². The molecule has 2 heterocycles. The molecule has 24 heavy (non-hydrogen) atoms.